The Labute approximate surface area is 222 Å². The smallest absolute Gasteiger partial charge is 0.269 e. The first kappa shape index (κ1) is 28.3. The Hall–Kier alpha value is -2.24. The van der Waals surface area contributed by atoms with Crippen molar-refractivity contribution < 1.29 is 14.5 Å². The van der Waals surface area contributed by atoms with Crippen LogP contribution in [0.5, 0.6) is 0 Å². The van der Waals surface area contributed by atoms with E-state index in [1.165, 1.54) is 44.2 Å². The van der Waals surface area contributed by atoms with Crippen LogP contribution in [0.4, 0.5) is 5.69 Å². The van der Waals surface area contributed by atoms with Gasteiger partial charge >= 0.3 is 0 Å². The highest BCUT2D eigenvalue weighted by atomic mass is 32.2. The van der Waals surface area contributed by atoms with E-state index < -0.39 is 11.0 Å². The number of likely N-dealkylation sites (N-methyl/N-ethyl adjacent to an activating group) is 1. The summed E-state index contributed by atoms with van der Waals surface area (Å²) in [4.78, 5) is 40.5. The van der Waals surface area contributed by atoms with E-state index in [-0.39, 0.29) is 30.1 Å². The minimum absolute atomic E-state index is 0.0433. The van der Waals surface area contributed by atoms with E-state index in [2.05, 4.69) is 10.6 Å². The summed E-state index contributed by atoms with van der Waals surface area (Å²) in [6.07, 6.45) is 7.98. The highest BCUT2D eigenvalue weighted by Gasteiger charge is 2.36. The van der Waals surface area contributed by atoms with Gasteiger partial charge in [-0.25, -0.2) is 0 Å². The second-order valence-electron chi connectivity index (χ2n) is 9.90. The van der Waals surface area contributed by atoms with Crippen LogP contribution < -0.4 is 10.6 Å². The molecule has 36 heavy (non-hydrogen) atoms. The van der Waals surface area contributed by atoms with E-state index in [1.807, 2.05) is 19.0 Å². The predicted octanol–water partition coefficient (Wildman–Crippen LogP) is 3.32. The van der Waals surface area contributed by atoms with Crippen molar-refractivity contribution >= 4 is 46.5 Å². The summed E-state index contributed by atoms with van der Waals surface area (Å²) in [5.74, 6) is 1.52. The summed E-state index contributed by atoms with van der Waals surface area (Å²) >= 11 is 7.30. The van der Waals surface area contributed by atoms with Gasteiger partial charge in [-0.2, -0.15) is 0 Å². The number of non-ortho nitro benzene ring substituents is 1. The highest BCUT2D eigenvalue weighted by Crippen LogP contribution is 2.28. The van der Waals surface area contributed by atoms with Crippen molar-refractivity contribution in [1.82, 2.24) is 20.4 Å². The summed E-state index contributed by atoms with van der Waals surface area (Å²) in [6.45, 7) is 0.685. The summed E-state index contributed by atoms with van der Waals surface area (Å²) < 4.78 is 0. The zero-order valence-corrected chi connectivity index (χ0v) is 22.7. The quantitative estimate of drug-likeness (QED) is 0.252. The van der Waals surface area contributed by atoms with Crippen LogP contribution >= 0.6 is 24.0 Å². The predicted molar refractivity (Wildman–Crippen MR) is 147 cm³/mol. The molecular formula is C25H37N5O4S2. The molecule has 2 N–H and O–H groups in total. The molecule has 0 aromatic heterocycles. The minimum atomic E-state index is -0.503. The van der Waals surface area contributed by atoms with Crippen LogP contribution in [-0.2, 0) is 16.1 Å². The molecule has 0 radical (unpaired) electrons. The molecule has 1 aromatic rings. The van der Waals surface area contributed by atoms with Crippen molar-refractivity contribution in [1.29, 1.82) is 0 Å². The van der Waals surface area contributed by atoms with E-state index in [0.717, 1.165) is 18.4 Å². The van der Waals surface area contributed by atoms with Crippen LogP contribution in [0.15, 0.2) is 24.3 Å². The number of rotatable bonds is 11. The Balaban J connectivity index is 1.63. The van der Waals surface area contributed by atoms with Gasteiger partial charge in [0.2, 0.25) is 11.8 Å². The number of hydrogen-bond acceptors (Lipinski definition) is 7. The van der Waals surface area contributed by atoms with Gasteiger partial charge in [-0.15, -0.1) is 11.8 Å². The van der Waals surface area contributed by atoms with E-state index in [0.29, 0.717) is 29.1 Å². The second kappa shape index (κ2) is 13.9. The number of nitrogens with one attached hydrogen (secondary N) is 2. The average Bonchev–Trinajstić information content (AvgIpc) is 3.36. The van der Waals surface area contributed by atoms with Crippen molar-refractivity contribution in [2.75, 3.05) is 32.3 Å². The maximum Gasteiger partial charge on any atom is 0.269 e. The zero-order valence-electron chi connectivity index (χ0n) is 21.1. The maximum atomic E-state index is 13.3. The molecule has 0 spiro atoms. The van der Waals surface area contributed by atoms with Gasteiger partial charge in [-0.3, -0.25) is 19.7 Å². The molecule has 2 fully saturated rings. The van der Waals surface area contributed by atoms with Crippen LogP contribution in [0.2, 0.25) is 0 Å². The number of benzene rings is 1. The first-order chi connectivity index (χ1) is 17.2. The average molecular weight is 536 g/mol. The number of amides is 2. The molecule has 198 valence electrons. The van der Waals surface area contributed by atoms with Crippen LogP contribution in [0.25, 0.3) is 0 Å². The number of hydrogen-bond donors (Lipinski definition) is 2. The first-order valence-corrected chi connectivity index (χ1v) is 14.1. The van der Waals surface area contributed by atoms with Crippen molar-refractivity contribution in [3.05, 3.63) is 39.9 Å². The zero-order chi connectivity index (χ0) is 26.1. The SMILES string of the molecule is CN(C)CC(=O)N1CSC[C@H]1C(=O)N[C@H](CCC1CCCCC1)C(=S)NCc1ccc([N+](=O)[O-])cc1. The Morgan fingerprint density at radius 3 is 2.56 bits per heavy atom. The number of nitro benzene ring substituents is 1. The lowest BCUT2D eigenvalue weighted by molar-refractivity contribution is -0.384. The molecule has 2 amide bonds. The second-order valence-corrected chi connectivity index (χ2v) is 11.3. The fraction of sp³-hybridized carbons (Fsp3) is 0.640. The molecular weight excluding hydrogens is 498 g/mol. The van der Waals surface area contributed by atoms with E-state index >= 15 is 0 Å². The lowest BCUT2D eigenvalue weighted by Crippen LogP contribution is -2.54. The summed E-state index contributed by atoms with van der Waals surface area (Å²) in [5.41, 5.74) is 0.912. The highest BCUT2D eigenvalue weighted by molar-refractivity contribution is 7.99. The molecule has 0 unspecified atom stereocenters. The molecule has 9 nitrogen and oxygen atoms in total. The number of carbonyl (C=O) groups excluding carboxylic acids is 2. The standard InChI is InChI=1S/C25H37N5O4S2/c1-28(2)15-23(31)29-17-36-16-22(29)24(32)27-21(13-10-18-6-4-3-5-7-18)25(35)26-14-19-8-11-20(12-9-19)30(33)34/h8-9,11-12,18,21-22H,3-7,10,13-17H2,1-2H3,(H,26,35)(H,27,32)/t21-,22+/m1/s1. The number of thioether (sulfide) groups is 1. The number of carbonyl (C=O) groups is 2. The van der Waals surface area contributed by atoms with Gasteiger partial charge < -0.3 is 20.4 Å². The lowest BCUT2D eigenvalue weighted by Gasteiger charge is -2.29. The fourth-order valence-electron chi connectivity index (χ4n) is 4.73. The van der Waals surface area contributed by atoms with Gasteiger partial charge in [0, 0.05) is 24.4 Å². The van der Waals surface area contributed by atoms with Crippen LogP contribution in [-0.4, -0.2) is 75.9 Å². The van der Waals surface area contributed by atoms with Crippen molar-refractivity contribution in [3.8, 4) is 0 Å². The van der Waals surface area contributed by atoms with Crippen LogP contribution in [0.1, 0.15) is 50.5 Å². The third-order valence-electron chi connectivity index (χ3n) is 6.79. The molecule has 2 atom stereocenters. The van der Waals surface area contributed by atoms with Gasteiger partial charge in [0.1, 0.15) is 6.04 Å². The molecule has 1 aliphatic carbocycles. The van der Waals surface area contributed by atoms with Gasteiger partial charge in [0.25, 0.3) is 5.69 Å². The number of nitrogens with zero attached hydrogens (tertiary/aromatic N) is 3. The van der Waals surface area contributed by atoms with E-state index in [1.54, 1.807) is 28.8 Å². The Kier molecular flexibility index (Phi) is 10.9. The van der Waals surface area contributed by atoms with Crippen molar-refractivity contribution in [2.24, 2.45) is 5.92 Å². The molecule has 3 rings (SSSR count). The summed E-state index contributed by atoms with van der Waals surface area (Å²) in [5, 5.41) is 17.3. The topological polar surface area (TPSA) is 108 Å². The normalized spacial score (nSPS) is 19.2. The molecule has 1 saturated heterocycles. The van der Waals surface area contributed by atoms with Crippen LogP contribution in [0.3, 0.4) is 0 Å². The molecule has 1 heterocycles. The minimum Gasteiger partial charge on any atom is -0.374 e. The fourth-order valence-corrected chi connectivity index (χ4v) is 6.16. The van der Waals surface area contributed by atoms with Crippen molar-refractivity contribution in [3.63, 3.8) is 0 Å². The molecule has 11 heteroatoms. The lowest BCUT2D eigenvalue weighted by atomic mass is 9.85. The first-order valence-electron chi connectivity index (χ1n) is 12.6. The monoisotopic (exact) mass is 535 g/mol. The van der Waals surface area contributed by atoms with Crippen molar-refractivity contribution in [2.45, 2.75) is 63.6 Å². The van der Waals surface area contributed by atoms with Crippen LogP contribution in [0, 0.1) is 16.0 Å². The molecule has 1 aliphatic heterocycles. The van der Waals surface area contributed by atoms with Gasteiger partial charge in [0.15, 0.2) is 0 Å². The van der Waals surface area contributed by atoms with E-state index in [4.69, 9.17) is 12.2 Å². The number of thiocarbonyl (C=S) groups is 1. The Morgan fingerprint density at radius 2 is 1.92 bits per heavy atom. The summed E-state index contributed by atoms with van der Waals surface area (Å²) in [6, 6.07) is 5.51. The summed E-state index contributed by atoms with van der Waals surface area (Å²) in [7, 11) is 3.68. The van der Waals surface area contributed by atoms with Gasteiger partial charge in [-0.1, -0.05) is 56.5 Å². The Morgan fingerprint density at radius 1 is 1.22 bits per heavy atom. The van der Waals surface area contributed by atoms with Gasteiger partial charge in [-0.05, 0) is 38.4 Å². The van der Waals surface area contributed by atoms with E-state index in [9.17, 15) is 19.7 Å². The Bertz CT molecular complexity index is 922. The molecule has 1 aromatic carbocycles. The largest absolute Gasteiger partial charge is 0.374 e. The molecule has 0 bridgehead atoms. The third-order valence-corrected chi connectivity index (χ3v) is 8.23. The molecule has 1 saturated carbocycles. The number of nitro groups is 1. The van der Waals surface area contributed by atoms with Gasteiger partial charge in [0.05, 0.1) is 28.4 Å². The molecule has 2 aliphatic rings. The maximum absolute atomic E-state index is 13.3. The third kappa shape index (κ3) is 8.41.